The van der Waals surface area contributed by atoms with Crippen LogP contribution in [0.1, 0.15) is 51.0 Å². The summed E-state index contributed by atoms with van der Waals surface area (Å²) in [7, 11) is 3.03. The van der Waals surface area contributed by atoms with Crippen molar-refractivity contribution < 1.29 is 19.1 Å². The van der Waals surface area contributed by atoms with Gasteiger partial charge in [0.2, 0.25) is 17.7 Å². The number of amides is 3. The molecule has 0 saturated carbocycles. The SMILES string of the molecule is CC[C@@H]1CCCCN1C(=O)C[C@]1(c2ccccc2OC)CC(=O)N(C)C1=O. The van der Waals surface area contributed by atoms with E-state index in [0.29, 0.717) is 11.3 Å². The summed E-state index contributed by atoms with van der Waals surface area (Å²) in [5.41, 5.74) is -0.570. The van der Waals surface area contributed by atoms with Gasteiger partial charge < -0.3 is 9.64 Å². The number of rotatable bonds is 5. The molecule has 1 aromatic rings. The summed E-state index contributed by atoms with van der Waals surface area (Å²) >= 11 is 0. The number of para-hydroxylation sites is 1. The van der Waals surface area contributed by atoms with Gasteiger partial charge in [-0.15, -0.1) is 0 Å². The van der Waals surface area contributed by atoms with E-state index < -0.39 is 5.41 Å². The Kier molecular flexibility index (Phi) is 5.53. The second-order valence-corrected chi connectivity index (χ2v) is 7.54. The fourth-order valence-electron chi connectivity index (χ4n) is 4.48. The lowest BCUT2D eigenvalue weighted by atomic mass is 9.75. The summed E-state index contributed by atoms with van der Waals surface area (Å²) in [5, 5.41) is 0. The molecule has 2 atom stereocenters. The predicted octanol–water partition coefficient (Wildman–Crippen LogP) is 2.50. The van der Waals surface area contributed by atoms with Crippen molar-refractivity contribution in [3.05, 3.63) is 29.8 Å². The lowest BCUT2D eigenvalue weighted by Gasteiger charge is -2.38. The molecule has 2 aliphatic rings. The molecule has 0 unspecified atom stereocenters. The highest BCUT2D eigenvalue weighted by molar-refractivity contribution is 6.10. The van der Waals surface area contributed by atoms with E-state index in [4.69, 9.17) is 4.74 Å². The maximum absolute atomic E-state index is 13.3. The zero-order chi connectivity index (χ0) is 19.6. The number of nitrogens with zero attached hydrogens (tertiary/aromatic N) is 2. The number of likely N-dealkylation sites (N-methyl/N-ethyl adjacent to an activating group) is 1. The van der Waals surface area contributed by atoms with Gasteiger partial charge in [0.25, 0.3) is 0 Å². The van der Waals surface area contributed by atoms with Crippen LogP contribution in [-0.4, -0.2) is 54.3 Å². The number of hydrogen-bond donors (Lipinski definition) is 0. The van der Waals surface area contributed by atoms with Crippen molar-refractivity contribution >= 4 is 17.7 Å². The average Bonchev–Trinajstić information content (AvgIpc) is 2.92. The number of ether oxygens (including phenoxy) is 1. The second-order valence-electron chi connectivity index (χ2n) is 7.54. The predicted molar refractivity (Wildman–Crippen MR) is 101 cm³/mol. The van der Waals surface area contributed by atoms with Crippen LogP contribution >= 0.6 is 0 Å². The first-order valence-corrected chi connectivity index (χ1v) is 9.68. The van der Waals surface area contributed by atoms with Crippen LogP contribution in [0.4, 0.5) is 0 Å². The van der Waals surface area contributed by atoms with Crippen LogP contribution in [0.25, 0.3) is 0 Å². The van der Waals surface area contributed by atoms with Crippen LogP contribution in [0.5, 0.6) is 5.75 Å². The molecule has 0 spiro atoms. The largest absolute Gasteiger partial charge is 0.496 e. The Balaban J connectivity index is 2.00. The Morgan fingerprint density at radius 2 is 2.00 bits per heavy atom. The fraction of sp³-hybridized carbons (Fsp3) is 0.571. The Morgan fingerprint density at radius 3 is 2.63 bits per heavy atom. The topological polar surface area (TPSA) is 66.9 Å². The molecule has 0 bridgehead atoms. The Bertz CT molecular complexity index is 747. The van der Waals surface area contributed by atoms with Gasteiger partial charge >= 0.3 is 0 Å². The summed E-state index contributed by atoms with van der Waals surface area (Å²) in [6.45, 7) is 2.81. The van der Waals surface area contributed by atoms with Gasteiger partial charge in [0.1, 0.15) is 5.75 Å². The molecular formula is C21H28N2O4. The first kappa shape index (κ1) is 19.4. The van der Waals surface area contributed by atoms with Crippen molar-refractivity contribution in [3.63, 3.8) is 0 Å². The summed E-state index contributed by atoms with van der Waals surface area (Å²) in [5.74, 6) is -0.101. The number of imide groups is 1. The van der Waals surface area contributed by atoms with E-state index in [2.05, 4.69) is 6.92 Å². The number of likely N-dealkylation sites (tertiary alicyclic amines) is 2. The number of hydrogen-bond acceptors (Lipinski definition) is 4. The normalized spacial score (nSPS) is 25.8. The van der Waals surface area contributed by atoms with Gasteiger partial charge in [-0.25, -0.2) is 0 Å². The smallest absolute Gasteiger partial charge is 0.240 e. The highest BCUT2D eigenvalue weighted by Crippen LogP contribution is 2.44. The molecule has 2 aliphatic heterocycles. The molecule has 146 valence electrons. The van der Waals surface area contributed by atoms with Gasteiger partial charge in [-0.1, -0.05) is 25.1 Å². The fourth-order valence-corrected chi connectivity index (χ4v) is 4.48. The molecule has 0 aromatic heterocycles. The molecule has 0 N–H and O–H groups in total. The molecule has 6 nitrogen and oxygen atoms in total. The molecule has 6 heteroatoms. The molecule has 1 aromatic carbocycles. The second kappa shape index (κ2) is 7.71. The Hall–Kier alpha value is -2.37. The maximum atomic E-state index is 13.3. The number of methoxy groups -OCH3 is 1. The first-order chi connectivity index (χ1) is 12.9. The van der Waals surface area contributed by atoms with Crippen LogP contribution in [-0.2, 0) is 19.8 Å². The molecule has 3 rings (SSSR count). The zero-order valence-electron chi connectivity index (χ0n) is 16.4. The highest BCUT2D eigenvalue weighted by Gasteiger charge is 2.54. The van der Waals surface area contributed by atoms with Crippen molar-refractivity contribution in [3.8, 4) is 5.75 Å². The number of piperidine rings is 1. The average molecular weight is 372 g/mol. The quantitative estimate of drug-likeness (QED) is 0.745. The monoisotopic (exact) mass is 372 g/mol. The Labute approximate surface area is 160 Å². The van der Waals surface area contributed by atoms with E-state index in [1.165, 1.54) is 14.2 Å². The van der Waals surface area contributed by atoms with E-state index in [0.717, 1.165) is 37.1 Å². The van der Waals surface area contributed by atoms with Crippen molar-refractivity contribution in [2.75, 3.05) is 20.7 Å². The minimum Gasteiger partial charge on any atom is -0.496 e. The van der Waals surface area contributed by atoms with Crippen LogP contribution < -0.4 is 4.74 Å². The molecule has 27 heavy (non-hydrogen) atoms. The van der Waals surface area contributed by atoms with Crippen LogP contribution in [0.15, 0.2) is 24.3 Å². The number of carbonyl (C=O) groups excluding carboxylic acids is 3. The first-order valence-electron chi connectivity index (χ1n) is 9.68. The van der Waals surface area contributed by atoms with Gasteiger partial charge in [0.05, 0.1) is 12.5 Å². The minimum atomic E-state index is -1.19. The van der Waals surface area contributed by atoms with Crippen molar-refractivity contribution in [2.24, 2.45) is 0 Å². The third-order valence-corrected chi connectivity index (χ3v) is 6.04. The lowest BCUT2D eigenvalue weighted by molar-refractivity contribution is -0.143. The third-order valence-electron chi connectivity index (χ3n) is 6.04. The minimum absolute atomic E-state index is 0.000914. The van der Waals surface area contributed by atoms with Gasteiger partial charge in [-0.2, -0.15) is 0 Å². The van der Waals surface area contributed by atoms with E-state index >= 15 is 0 Å². The summed E-state index contributed by atoms with van der Waals surface area (Å²) in [6.07, 6.45) is 4.01. The molecule has 3 amide bonds. The molecule has 2 saturated heterocycles. The van der Waals surface area contributed by atoms with Crippen molar-refractivity contribution in [1.82, 2.24) is 9.80 Å². The van der Waals surface area contributed by atoms with E-state index in [1.807, 2.05) is 17.0 Å². The zero-order valence-corrected chi connectivity index (χ0v) is 16.4. The summed E-state index contributed by atoms with van der Waals surface area (Å²) in [4.78, 5) is 41.9. The van der Waals surface area contributed by atoms with Crippen LogP contribution in [0, 0.1) is 0 Å². The van der Waals surface area contributed by atoms with Crippen LogP contribution in [0.2, 0.25) is 0 Å². The molecule has 0 radical (unpaired) electrons. The number of benzene rings is 1. The van der Waals surface area contributed by atoms with Crippen molar-refractivity contribution in [2.45, 2.75) is 56.9 Å². The molecular weight excluding hydrogens is 344 g/mol. The van der Waals surface area contributed by atoms with E-state index in [1.54, 1.807) is 12.1 Å². The molecule has 2 heterocycles. The van der Waals surface area contributed by atoms with Gasteiger partial charge in [0.15, 0.2) is 0 Å². The van der Waals surface area contributed by atoms with Gasteiger partial charge in [-0.05, 0) is 31.7 Å². The standard InChI is InChI=1S/C21H28N2O4/c1-4-15-9-7-8-12-23(15)19(25)14-21(13-18(24)22(2)20(21)26)16-10-5-6-11-17(16)27-3/h5-6,10-11,15H,4,7-9,12-14H2,1-3H3/t15-,21+/m1/s1. The maximum Gasteiger partial charge on any atom is 0.240 e. The van der Waals surface area contributed by atoms with Crippen LogP contribution in [0.3, 0.4) is 0 Å². The highest BCUT2D eigenvalue weighted by atomic mass is 16.5. The van der Waals surface area contributed by atoms with Gasteiger partial charge in [-0.3, -0.25) is 19.3 Å². The van der Waals surface area contributed by atoms with E-state index in [-0.39, 0.29) is 36.6 Å². The van der Waals surface area contributed by atoms with Crippen molar-refractivity contribution in [1.29, 1.82) is 0 Å². The van der Waals surface area contributed by atoms with Gasteiger partial charge in [0, 0.05) is 38.0 Å². The lowest BCUT2D eigenvalue weighted by Crippen LogP contribution is -2.48. The molecule has 2 fully saturated rings. The van der Waals surface area contributed by atoms with E-state index in [9.17, 15) is 14.4 Å². The molecule has 0 aliphatic carbocycles. The number of carbonyl (C=O) groups is 3. The third kappa shape index (κ3) is 3.33. The summed E-state index contributed by atoms with van der Waals surface area (Å²) in [6, 6.07) is 7.42. The summed E-state index contributed by atoms with van der Waals surface area (Å²) < 4.78 is 5.46. The Morgan fingerprint density at radius 1 is 1.26 bits per heavy atom.